The molecule has 2 aromatic rings. The third-order valence-electron chi connectivity index (χ3n) is 1.39. The fourth-order valence-electron chi connectivity index (χ4n) is 0.900. The van der Waals surface area contributed by atoms with Gasteiger partial charge < -0.3 is 0 Å². The molecule has 1 aromatic heterocycles. The second-order valence-electron chi connectivity index (χ2n) is 2.03. The molecule has 2 nitrogen and oxygen atoms in total. The zero-order chi connectivity index (χ0) is 6.97. The van der Waals surface area contributed by atoms with Gasteiger partial charge in [0.2, 0.25) is 0 Å². The maximum atomic E-state index is 10.9. The molecule has 0 unspecified atom stereocenters. The molecule has 1 radical (unpaired) electrons. The van der Waals surface area contributed by atoms with Crippen LogP contribution in [0.5, 0.6) is 0 Å². The molecule has 1 N–H and O–H groups in total. The monoisotopic (exact) mass is 174 g/mol. The van der Waals surface area contributed by atoms with Crippen molar-refractivity contribution in [1.82, 2.24) is 4.37 Å². The van der Waals surface area contributed by atoms with Crippen LogP contribution in [0.1, 0.15) is 0 Å². The molecule has 0 aliphatic heterocycles. The van der Waals surface area contributed by atoms with Crippen LogP contribution in [0.25, 0.3) is 10.1 Å². The van der Waals surface area contributed by atoms with Gasteiger partial charge in [0, 0.05) is 29.6 Å². The van der Waals surface area contributed by atoms with Crippen LogP contribution in [0.4, 0.5) is 0 Å². The quantitative estimate of drug-likeness (QED) is 0.598. The Hall–Kier alpha value is -0.0900. The second-order valence-corrected chi connectivity index (χ2v) is 2.88. The molecule has 0 bridgehead atoms. The molecule has 1 heterocycles. The summed E-state index contributed by atoms with van der Waals surface area (Å²) in [5.41, 5.74) is 0.0144. The van der Waals surface area contributed by atoms with Gasteiger partial charge in [0.15, 0.2) is 0 Å². The van der Waals surface area contributed by atoms with Crippen molar-refractivity contribution in [2.45, 2.75) is 0 Å². The fraction of sp³-hybridized carbons (Fsp3) is 0. The minimum Gasteiger partial charge on any atom is -0.277 e. The van der Waals surface area contributed by atoms with Gasteiger partial charge in [0.05, 0.1) is 10.1 Å². The smallest absolute Gasteiger partial charge is 0.265 e. The average Bonchev–Trinajstić information content (AvgIpc) is 2.34. The van der Waals surface area contributed by atoms with Crippen LogP contribution in [0.15, 0.2) is 29.1 Å². The number of hydrogen-bond acceptors (Lipinski definition) is 2. The van der Waals surface area contributed by atoms with Crippen molar-refractivity contribution in [3.63, 3.8) is 0 Å². The van der Waals surface area contributed by atoms with E-state index in [4.69, 9.17) is 0 Å². The average molecular weight is 174 g/mol. The number of H-pyrrole nitrogens is 1. The Morgan fingerprint density at radius 2 is 2.00 bits per heavy atom. The van der Waals surface area contributed by atoms with E-state index in [-0.39, 0.29) is 35.1 Å². The predicted molar refractivity (Wildman–Crippen MR) is 48.2 cm³/mol. The normalized spacial score (nSPS) is 9.45. The molecule has 0 fully saturated rings. The summed E-state index contributed by atoms with van der Waals surface area (Å²) in [7, 11) is 0. The molecular weight excluding hydrogens is 169 g/mol. The first kappa shape index (κ1) is 9.00. The van der Waals surface area contributed by atoms with Crippen LogP contribution < -0.4 is 5.56 Å². The Balaban J connectivity index is 0.000000605. The number of benzene rings is 1. The summed E-state index contributed by atoms with van der Waals surface area (Å²) in [6.45, 7) is 0. The molecule has 4 heteroatoms. The molecule has 0 saturated carbocycles. The first-order chi connectivity index (χ1) is 4.88. The molecule has 11 heavy (non-hydrogen) atoms. The molecule has 0 spiro atoms. The molecule has 2 rings (SSSR count). The number of hydrogen-bond donors (Lipinski definition) is 1. The predicted octanol–water partition coefficient (Wildman–Crippen LogP) is 1.21. The molecule has 0 amide bonds. The van der Waals surface area contributed by atoms with Gasteiger partial charge in [-0.25, -0.2) is 0 Å². The molecule has 51 valence electrons. The van der Waals surface area contributed by atoms with Crippen molar-refractivity contribution in [3.8, 4) is 0 Å². The molecule has 0 atom stereocenters. The van der Waals surface area contributed by atoms with E-state index in [1.807, 2.05) is 24.3 Å². The van der Waals surface area contributed by atoms with E-state index in [1.54, 1.807) is 0 Å². The summed E-state index contributed by atoms with van der Waals surface area (Å²) in [4.78, 5) is 10.9. The Kier molecular flexibility index (Phi) is 2.90. The molecule has 1 aromatic carbocycles. The van der Waals surface area contributed by atoms with Gasteiger partial charge in [-0.2, -0.15) is 0 Å². The topological polar surface area (TPSA) is 32.9 Å². The minimum atomic E-state index is 0. The van der Waals surface area contributed by atoms with Crippen LogP contribution in [0, 0.1) is 0 Å². The van der Waals surface area contributed by atoms with Crippen LogP contribution in [-0.2, 0) is 0 Å². The number of aromatic amines is 1. The summed E-state index contributed by atoms with van der Waals surface area (Å²) in [6.07, 6.45) is 0. The zero-order valence-corrected chi connectivity index (χ0v) is 8.94. The van der Waals surface area contributed by atoms with Gasteiger partial charge >= 0.3 is 0 Å². The van der Waals surface area contributed by atoms with Crippen molar-refractivity contribution in [3.05, 3.63) is 34.6 Å². The van der Waals surface area contributed by atoms with Gasteiger partial charge in [0.1, 0.15) is 0 Å². The standard InChI is InChI=1S/C7H5NOS.Na/c9-7-5-3-1-2-4-6(5)10-8-7;/h1-4H,(H,8,9);. The van der Waals surface area contributed by atoms with Crippen molar-refractivity contribution >= 4 is 51.2 Å². The number of rotatable bonds is 0. The summed E-state index contributed by atoms with van der Waals surface area (Å²) in [5, 5.41) is 0.785. The van der Waals surface area contributed by atoms with Crippen molar-refractivity contribution in [2.24, 2.45) is 0 Å². The maximum Gasteiger partial charge on any atom is 0.265 e. The fourth-order valence-corrected chi connectivity index (χ4v) is 1.63. The van der Waals surface area contributed by atoms with E-state index in [0.717, 1.165) is 10.1 Å². The molecule has 0 aliphatic rings. The van der Waals surface area contributed by atoms with Crippen LogP contribution >= 0.6 is 11.5 Å². The van der Waals surface area contributed by atoms with Gasteiger partial charge in [-0.05, 0) is 12.1 Å². The minimum absolute atomic E-state index is 0. The number of aromatic nitrogens is 1. The van der Waals surface area contributed by atoms with Gasteiger partial charge in [-0.1, -0.05) is 23.7 Å². The van der Waals surface area contributed by atoms with E-state index in [2.05, 4.69) is 4.37 Å². The maximum absolute atomic E-state index is 10.9. The summed E-state index contributed by atoms with van der Waals surface area (Å²) in [5.74, 6) is 0. The van der Waals surface area contributed by atoms with Crippen LogP contribution in [0.2, 0.25) is 0 Å². The zero-order valence-electron chi connectivity index (χ0n) is 6.13. The summed E-state index contributed by atoms with van der Waals surface area (Å²) in [6, 6.07) is 7.54. The van der Waals surface area contributed by atoms with E-state index >= 15 is 0 Å². The first-order valence-electron chi connectivity index (χ1n) is 2.94. The number of nitrogens with one attached hydrogen (secondary N) is 1. The Bertz CT molecular complexity index is 406. The van der Waals surface area contributed by atoms with Crippen molar-refractivity contribution in [2.75, 3.05) is 0 Å². The first-order valence-corrected chi connectivity index (χ1v) is 3.76. The SMILES string of the molecule is O=c1[nH]sc2ccccc12.[Na]. The third-order valence-corrected chi connectivity index (χ3v) is 2.25. The molecule has 0 aliphatic carbocycles. The Morgan fingerprint density at radius 1 is 1.27 bits per heavy atom. The van der Waals surface area contributed by atoms with E-state index in [1.165, 1.54) is 11.5 Å². The van der Waals surface area contributed by atoms with Gasteiger partial charge in [0.25, 0.3) is 5.56 Å². The van der Waals surface area contributed by atoms with Crippen LogP contribution in [0.3, 0.4) is 0 Å². The molecular formula is C7H5NNaOS. The van der Waals surface area contributed by atoms with Crippen molar-refractivity contribution in [1.29, 1.82) is 0 Å². The molecule has 0 saturated heterocycles. The van der Waals surface area contributed by atoms with Crippen LogP contribution in [-0.4, -0.2) is 33.9 Å². The Labute approximate surface area is 89.7 Å². The van der Waals surface area contributed by atoms with Gasteiger partial charge in [-0.3, -0.25) is 9.17 Å². The largest absolute Gasteiger partial charge is 0.277 e. The van der Waals surface area contributed by atoms with E-state index in [0.29, 0.717) is 0 Å². The van der Waals surface area contributed by atoms with Gasteiger partial charge in [-0.15, -0.1) is 0 Å². The summed E-state index contributed by atoms with van der Waals surface area (Å²) < 4.78 is 3.68. The van der Waals surface area contributed by atoms with E-state index in [9.17, 15) is 4.79 Å². The third kappa shape index (κ3) is 1.56. The Morgan fingerprint density at radius 3 is 2.73 bits per heavy atom. The van der Waals surface area contributed by atoms with E-state index < -0.39 is 0 Å². The second kappa shape index (κ2) is 3.54. The number of fused-ring (bicyclic) bond motifs is 1. The summed E-state index contributed by atoms with van der Waals surface area (Å²) >= 11 is 1.38. The van der Waals surface area contributed by atoms with Crippen molar-refractivity contribution < 1.29 is 0 Å².